The van der Waals surface area contributed by atoms with E-state index < -0.39 is 0 Å². The molecule has 0 amide bonds. The monoisotopic (exact) mass is 262 g/mol. The largest absolute Gasteiger partial charge is 0.299 e. The third kappa shape index (κ3) is 6.38. The number of piperazine rings is 1. The van der Waals surface area contributed by atoms with Crippen LogP contribution in [0.3, 0.4) is 0 Å². The minimum absolute atomic E-state index is 0.116. The summed E-state index contributed by atoms with van der Waals surface area (Å²) in [6, 6.07) is 0. The van der Waals surface area contributed by atoms with Crippen LogP contribution in [-0.2, 0) is 0 Å². The van der Waals surface area contributed by atoms with Gasteiger partial charge in [0, 0.05) is 48.8 Å². The molecule has 0 spiro atoms. The van der Waals surface area contributed by atoms with E-state index in [0.29, 0.717) is 0 Å². The van der Waals surface area contributed by atoms with E-state index in [0.717, 1.165) is 39.3 Å². The summed E-state index contributed by atoms with van der Waals surface area (Å²) >= 11 is 9.18. The highest BCUT2D eigenvalue weighted by Crippen LogP contribution is 2.18. The highest BCUT2D eigenvalue weighted by molar-refractivity contribution is 7.82. The van der Waals surface area contributed by atoms with E-state index in [1.165, 1.54) is 0 Å². The summed E-state index contributed by atoms with van der Waals surface area (Å²) in [5.41, 5.74) is 0. The van der Waals surface area contributed by atoms with E-state index in [9.17, 15) is 0 Å². The van der Waals surface area contributed by atoms with Gasteiger partial charge in [0.2, 0.25) is 0 Å². The van der Waals surface area contributed by atoms with Crippen LogP contribution in [0.1, 0.15) is 27.7 Å². The fourth-order valence-electron chi connectivity index (χ4n) is 2.20. The molecule has 16 heavy (non-hydrogen) atoms. The molecule has 0 atom stereocenters. The van der Waals surface area contributed by atoms with E-state index in [1.54, 1.807) is 0 Å². The van der Waals surface area contributed by atoms with E-state index >= 15 is 0 Å². The summed E-state index contributed by atoms with van der Waals surface area (Å²) in [5, 5.41) is 0. The van der Waals surface area contributed by atoms with E-state index in [1.807, 2.05) is 0 Å². The second-order valence-electron chi connectivity index (χ2n) is 6.18. The zero-order valence-electron chi connectivity index (χ0n) is 11.0. The Morgan fingerprint density at radius 2 is 1.00 bits per heavy atom. The number of hydrogen-bond donors (Lipinski definition) is 2. The van der Waals surface area contributed by atoms with Crippen LogP contribution >= 0.6 is 25.3 Å². The number of nitrogens with zero attached hydrogens (tertiary/aromatic N) is 2. The summed E-state index contributed by atoms with van der Waals surface area (Å²) < 4.78 is 0.232. The van der Waals surface area contributed by atoms with Crippen molar-refractivity contribution in [2.75, 3.05) is 39.3 Å². The van der Waals surface area contributed by atoms with Crippen LogP contribution < -0.4 is 0 Å². The quantitative estimate of drug-likeness (QED) is 0.749. The lowest BCUT2D eigenvalue weighted by Gasteiger charge is -2.39. The van der Waals surface area contributed by atoms with Crippen molar-refractivity contribution in [1.82, 2.24) is 9.80 Å². The maximum absolute atomic E-state index is 4.59. The van der Waals surface area contributed by atoms with Gasteiger partial charge in [-0.1, -0.05) is 0 Å². The predicted molar refractivity (Wildman–Crippen MR) is 79.0 cm³/mol. The van der Waals surface area contributed by atoms with Crippen molar-refractivity contribution in [1.29, 1.82) is 0 Å². The molecule has 1 fully saturated rings. The minimum atomic E-state index is 0.116. The third-order valence-corrected chi connectivity index (χ3v) is 2.97. The maximum Gasteiger partial charge on any atom is 0.0200 e. The molecule has 4 heteroatoms. The molecule has 0 radical (unpaired) electrons. The standard InChI is InChI=1S/C12H26N2S2/c1-11(2,15)9-13-5-7-14(8-6-13)10-12(3,4)16/h15-16H,5-10H2,1-4H3. The van der Waals surface area contributed by atoms with Gasteiger partial charge in [0.15, 0.2) is 0 Å². The molecule has 0 aromatic rings. The first-order chi connectivity index (χ1) is 7.16. The van der Waals surface area contributed by atoms with Gasteiger partial charge < -0.3 is 0 Å². The van der Waals surface area contributed by atoms with Gasteiger partial charge in [-0.3, -0.25) is 9.80 Å². The molecule has 1 aliphatic rings. The van der Waals surface area contributed by atoms with Crippen LogP contribution in [-0.4, -0.2) is 58.6 Å². The molecule has 1 aliphatic heterocycles. The van der Waals surface area contributed by atoms with Gasteiger partial charge in [0.05, 0.1) is 0 Å². The van der Waals surface area contributed by atoms with Crippen LogP contribution in [0, 0.1) is 0 Å². The molecule has 0 unspecified atom stereocenters. The van der Waals surface area contributed by atoms with Gasteiger partial charge in [-0.25, -0.2) is 0 Å². The second-order valence-corrected chi connectivity index (χ2v) is 8.60. The lowest BCUT2D eigenvalue weighted by atomic mass is 10.1. The van der Waals surface area contributed by atoms with E-state index in [-0.39, 0.29) is 9.49 Å². The third-order valence-electron chi connectivity index (χ3n) is 2.69. The molecule has 1 saturated heterocycles. The number of thiol groups is 2. The Morgan fingerprint density at radius 1 is 0.750 bits per heavy atom. The molecule has 1 heterocycles. The zero-order valence-corrected chi connectivity index (χ0v) is 12.8. The first-order valence-electron chi connectivity index (χ1n) is 6.05. The molecule has 0 bridgehead atoms. The van der Waals surface area contributed by atoms with Gasteiger partial charge in [0.1, 0.15) is 0 Å². The van der Waals surface area contributed by atoms with Gasteiger partial charge in [0.25, 0.3) is 0 Å². The van der Waals surface area contributed by atoms with Gasteiger partial charge in [-0.2, -0.15) is 25.3 Å². The first-order valence-corrected chi connectivity index (χ1v) is 6.95. The molecule has 2 nitrogen and oxygen atoms in total. The fraction of sp³-hybridized carbons (Fsp3) is 1.00. The average Bonchev–Trinajstić information content (AvgIpc) is 2.03. The molecule has 0 aromatic carbocycles. The molecule has 0 N–H and O–H groups in total. The van der Waals surface area contributed by atoms with Crippen LogP contribution in [0.15, 0.2) is 0 Å². The van der Waals surface area contributed by atoms with Crippen molar-refractivity contribution in [3.8, 4) is 0 Å². The Bertz CT molecular complexity index is 186. The lowest BCUT2D eigenvalue weighted by Crippen LogP contribution is -2.51. The topological polar surface area (TPSA) is 6.48 Å². The van der Waals surface area contributed by atoms with Crippen molar-refractivity contribution in [3.05, 3.63) is 0 Å². The summed E-state index contributed by atoms with van der Waals surface area (Å²) in [4.78, 5) is 5.02. The molecule has 0 aliphatic carbocycles. The van der Waals surface area contributed by atoms with E-state index in [2.05, 4.69) is 62.8 Å². The van der Waals surface area contributed by atoms with Crippen molar-refractivity contribution in [2.24, 2.45) is 0 Å². The number of rotatable bonds is 4. The highest BCUT2D eigenvalue weighted by Gasteiger charge is 2.24. The Kier molecular flexibility index (Phi) is 5.05. The van der Waals surface area contributed by atoms with Crippen molar-refractivity contribution in [2.45, 2.75) is 37.2 Å². The SMILES string of the molecule is CC(C)(S)CN1CCN(CC(C)(C)S)CC1. The molecule has 0 aromatic heterocycles. The van der Waals surface area contributed by atoms with Crippen molar-refractivity contribution >= 4 is 25.3 Å². The molecule has 1 rings (SSSR count). The highest BCUT2D eigenvalue weighted by atomic mass is 32.1. The van der Waals surface area contributed by atoms with Gasteiger partial charge in [-0.15, -0.1) is 0 Å². The van der Waals surface area contributed by atoms with Crippen LogP contribution in [0.4, 0.5) is 0 Å². The van der Waals surface area contributed by atoms with Crippen LogP contribution in [0.25, 0.3) is 0 Å². The van der Waals surface area contributed by atoms with Gasteiger partial charge in [-0.05, 0) is 27.7 Å². The molecular formula is C12H26N2S2. The summed E-state index contributed by atoms with van der Waals surface area (Å²) in [6.07, 6.45) is 0. The zero-order chi connectivity index (χ0) is 12.4. The summed E-state index contributed by atoms with van der Waals surface area (Å²) in [6.45, 7) is 15.5. The summed E-state index contributed by atoms with van der Waals surface area (Å²) in [5.74, 6) is 0. The van der Waals surface area contributed by atoms with Crippen molar-refractivity contribution in [3.63, 3.8) is 0 Å². The predicted octanol–water partition coefficient (Wildman–Crippen LogP) is 2.02. The van der Waals surface area contributed by atoms with E-state index in [4.69, 9.17) is 0 Å². The smallest absolute Gasteiger partial charge is 0.0200 e. The Labute approximate surface area is 112 Å². The number of hydrogen-bond acceptors (Lipinski definition) is 4. The second kappa shape index (κ2) is 5.51. The average molecular weight is 262 g/mol. The minimum Gasteiger partial charge on any atom is -0.299 e. The van der Waals surface area contributed by atoms with Crippen molar-refractivity contribution < 1.29 is 0 Å². The first kappa shape index (κ1) is 14.7. The normalized spacial score (nSPS) is 21.4. The Morgan fingerprint density at radius 3 is 1.19 bits per heavy atom. The lowest BCUT2D eigenvalue weighted by molar-refractivity contribution is 0.121. The summed E-state index contributed by atoms with van der Waals surface area (Å²) in [7, 11) is 0. The molecular weight excluding hydrogens is 236 g/mol. The molecule has 0 saturated carbocycles. The van der Waals surface area contributed by atoms with Crippen LogP contribution in [0.5, 0.6) is 0 Å². The van der Waals surface area contributed by atoms with Crippen LogP contribution in [0.2, 0.25) is 0 Å². The Balaban J connectivity index is 2.29. The van der Waals surface area contributed by atoms with Gasteiger partial charge >= 0.3 is 0 Å². The maximum atomic E-state index is 4.59. The molecule has 96 valence electrons. The fourth-order valence-corrected chi connectivity index (χ4v) is 2.60. The Hall–Kier alpha value is 0.620.